The van der Waals surface area contributed by atoms with Gasteiger partial charge in [-0.15, -0.1) is 11.3 Å². The second-order valence-electron chi connectivity index (χ2n) is 4.90. The first-order valence-corrected chi connectivity index (χ1v) is 7.55. The molecule has 0 bridgehead atoms. The van der Waals surface area contributed by atoms with E-state index >= 15 is 0 Å². The van der Waals surface area contributed by atoms with Gasteiger partial charge in [-0.2, -0.15) is 0 Å². The molecule has 1 aromatic heterocycles. The average Bonchev–Trinajstić information content (AvgIpc) is 2.78. The zero-order valence-corrected chi connectivity index (χ0v) is 12.7. The Morgan fingerprint density at radius 3 is 2.65 bits per heavy atom. The van der Waals surface area contributed by atoms with Crippen molar-refractivity contribution in [1.82, 2.24) is 4.98 Å². The molecule has 0 saturated carbocycles. The van der Waals surface area contributed by atoms with Crippen molar-refractivity contribution < 1.29 is 9.47 Å². The molecule has 2 aromatic rings. The summed E-state index contributed by atoms with van der Waals surface area (Å²) in [5, 5.41) is 4.58. The van der Waals surface area contributed by atoms with Gasteiger partial charge in [0.15, 0.2) is 11.5 Å². The molecule has 0 fully saturated rings. The van der Waals surface area contributed by atoms with Crippen LogP contribution in [0.2, 0.25) is 0 Å². The predicted molar refractivity (Wildman–Crippen MR) is 81.1 cm³/mol. The van der Waals surface area contributed by atoms with Gasteiger partial charge in [-0.1, -0.05) is 0 Å². The lowest BCUT2D eigenvalue weighted by Crippen LogP contribution is -2.15. The minimum Gasteiger partial charge on any atom is -0.486 e. The Balaban J connectivity index is 1.79. The van der Waals surface area contributed by atoms with Gasteiger partial charge in [0.25, 0.3) is 0 Å². The molecular weight excluding hydrogens is 272 g/mol. The highest BCUT2D eigenvalue weighted by Crippen LogP contribution is 2.34. The average molecular weight is 290 g/mol. The van der Waals surface area contributed by atoms with Crippen LogP contribution in [0.3, 0.4) is 0 Å². The molecule has 1 N–H and O–H groups in total. The first-order chi connectivity index (χ1) is 9.63. The van der Waals surface area contributed by atoms with Gasteiger partial charge in [0.2, 0.25) is 0 Å². The van der Waals surface area contributed by atoms with Gasteiger partial charge >= 0.3 is 0 Å². The Morgan fingerprint density at radius 2 is 1.95 bits per heavy atom. The summed E-state index contributed by atoms with van der Waals surface area (Å²) in [6.07, 6.45) is 0. The number of aromatic nitrogens is 1. The van der Waals surface area contributed by atoms with Crippen LogP contribution >= 0.6 is 11.3 Å². The number of nitrogens with zero attached hydrogens (tertiary/aromatic N) is 1. The second kappa shape index (κ2) is 5.32. The number of anilines is 1. The molecule has 1 aromatic carbocycles. The molecule has 2 heterocycles. The van der Waals surface area contributed by atoms with Crippen LogP contribution in [0, 0.1) is 13.8 Å². The molecule has 0 saturated heterocycles. The molecule has 3 rings (SSSR count). The number of hydrogen-bond acceptors (Lipinski definition) is 5. The normalized spacial score (nSPS) is 14.9. The number of hydrogen-bond donors (Lipinski definition) is 1. The first-order valence-electron chi connectivity index (χ1n) is 6.73. The van der Waals surface area contributed by atoms with Crippen molar-refractivity contribution in [3.05, 3.63) is 33.8 Å². The first kappa shape index (κ1) is 13.2. The van der Waals surface area contributed by atoms with E-state index in [4.69, 9.17) is 9.47 Å². The number of nitrogens with one attached hydrogen (secondary N) is 1. The van der Waals surface area contributed by atoms with Crippen LogP contribution in [-0.2, 0) is 0 Å². The molecule has 1 aliphatic heterocycles. The van der Waals surface area contributed by atoms with Crippen LogP contribution in [0.15, 0.2) is 18.2 Å². The number of aryl methyl sites for hydroxylation is 2. The molecule has 0 amide bonds. The van der Waals surface area contributed by atoms with E-state index in [1.165, 1.54) is 4.88 Å². The lowest BCUT2D eigenvalue weighted by Gasteiger charge is -2.20. The van der Waals surface area contributed by atoms with Crippen molar-refractivity contribution in [2.45, 2.75) is 26.8 Å². The van der Waals surface area contributed by atoms with E-state index in [1.54, 1.807) is 11.3 Å². The third-order valence-corrected chi connectivity index (χ3v) is 4.18. The number of rotatable bonds is 3. The fourth-order valence-corrected chi connectivity index (χ4v) is 3.31. The van der Waals surface area contributed by atoms with Crippen LogP contribution in [0.25, 0.3) is 0 Å². The highest BCUT2D eigenvalue weighted by atomic mass is 32.1. The van der Waals surface area contributed by atoms with Crippen LogP contribution < -0.4 is 14.8 Å². The van der Waals surface area contributed by atoms with E-state index in [0.29, 0.717) is 13.2 Å². The van der Waals surface area contributed by atoms with Crippen molar-refractivity contribution in [3.8, 4) is 11.5 Å². The molecule has 5 heteroatoms. The summed E-state index contributed by atoms with van der Waals surface area (Å²) in [6, 6.07) is 6.11. The highest BCUT2D eigenvalue weighted by molar-refractivity contribution is 7.11. The lowest BCUT2D eigenvalue weighted by atomic mass is 10.2. The standard InChI is InChI=1S/C15H18N2O2S/c1-9(15-10(2)20-11(3)17-15)16-12-4-5-13-14(8-12)19-7-6-18-13/h4-5,8-9,16H,6-7H2,1-3H3. The van der Waals surface area contributed by atoms with E-state index in [-0.39, 0.29) is 6.04 Å². The van der Waals surface area contributed by atoms with Gasteiger partial charge in [0.1, 0.15) is 13.2 Å². The molecule has 1 atom stereocenters. The van der Waals surface area contributed by atoms with Crippen LogP contribution in [0.5, 0.6) is 11.5 Å². The minimum absolute atomic E-state index is 0.169. The Morgan fingerprint density at radius 1 is 1.20 bits per heavy atom. The van der Waals surface area contributed by atoms with E-state index in [2.05, 4.69) is 24.1 Å². The summed E-state index contributed by atoms with van der Waals surface area (Å²) in [4.78, 5) is 5.86. The predicted octanol–water partition coefficient (Wildman–Crippen LogP) is 3.70. The number of thiazole rings is 1. The smallest absolute Gasteiger partial charge is 0.163 e. The second-order valence-corrected chi connectivity index (χ2v) is 6.31. The molecule has 20 heavy (non-hydrogen) atoms. The van der Waals surface area contributed by atoms with E-state index in [0.717, 1.165) is 27.9 Å². The SMILES string of the molecule is Cc1nc(C(C)Nc2ccc3c(c2)OCCO3)c(C)s1. The Kier molecular flexibility index (Phi) is 3.53. The molecule has 1 aliphatic rings. The van der Waals surface area contributed by atoms with Crippen LogP contribution in [0.4, 0.5) is 5.69 Å². The van der Waals surface area contributed by atoms with E-state index < -0.39 is 0 Å². The molecule has 1 unspecified atom stereocenters. The van der Waals surface area contributed by atoms with Crippen LogP contribution in [0.1, 0.15) is 28.5 Å². The molecule has 0 spiro atoms. The molecule has 4 nitrogen and oxygen atoms in total. The Bertz CT molecular complexity index is 624. The zero-order valence-electron chi connectivity index (χ0n) is 11.9. The van der Waals surface area contributed by atoms with Gasteiger partial charge in [0.05, 0.1) is 16.7 Å². The number of ether oxygens (including phenoxy) is 2. The number of fused-ring (bicyclic) bond motifs is 1. The van der Waals surface area contributed by atoms with Crippen molar-refractivity contribution in [1.29, 1.82) is 0 Å². The fraction of sp³-hybridized carbons (Fsp3) is 0.400. The van der Waals surface area contributed by atoms with E-state index in [9.17, 15) is 0 Å². The van der Waals surface area contributed by atoms with Gasteiger partial charge < -0.3 is 14.8 Å². The van der Waals surface area contributed by atoms with Gasteiger partial charge in [-0.25, -0.2) is 4.98 Å². The molecular formula is C15H18N2O2S. The van der Waals surface area contributed by atoms with Gasteiger partial charge in [-0.05, 0) is 32.9 Å². The van der Waals surface area contributed by atoms with Crippen molar-refractivity contribution in [2.75, 3.05) is 18.5 Å². The molecule has 0 aliphatic carbocycles. The van der Waals surface area contributed by atoms with Gasteiger partial charge in [0, 0.05) is 16.6 Å². The van der Waals surface area contributed by atoms with Crippen molar-refractivity contribution in [3.63, 3.8) is 0 Å². The summed E-state index contributed by atoms with van der Waals surface area (Å²) in [5.41, 5.74) is 2.13. The monoisotopic (exact) mass is 290 g/mol. The maximum Gasteiger partial charge on any atom is 0.163 e. The molecule has 106 valence electrons. The Hall–Kier alpha value is -1.75. The lowest BCUT2D eigenvalue weighted by molar-refractivity contribution is 0.171. The van der Waals surface area contributed by atoms with Crippen molar-refractivity contribution >= 4 is 17.0 Å². The summed E-state index contributed by atoms with van der Waals surface area (Å²) >= 11 is 1.74. The topological polar surface area (TPSA) is 43.4 Å². The van der Waals surface area contributed by atoms with Crippen LogP contribution in [-0.4, -0.2) is 18.2 Å². The maximum absolute atomic E-state index is 5.60. The fourth-order valence-electron chi connectivity index (χ4n) is 2.40. The largest absolute Gasteiger partial charge is 0.486 e. The summed E-state index contributed by atoms with van der Waals surface area (Å²) in [5.74, 6) is 1.62. The third-order valence-electron chi connectivity index (χ3n) is 3.27. The third kappa shape index (κ3) is 2.58. The minimum atomic E-state index is 0.169. The van der Waals surface area contributed by atoms with E-state index in [1.807, 2.05) is 25.1 Å². The summed E-state index contributed by atoms with van der Waals surface area (Å²) in [7, 11) is 0. The van der Waals surface area contributed by atoms with Crippen molar-refractivity contribution in [2.24, 2.45) is 0 Å². The summed E-state index contributed by atoms with van der Waals surface area (Å²) in [6.45, 7) is 7.50. The van der Waals surface area contributed by atoms with Gasteiger partial charge in [-0.3, -0.25) is 0 Å². The highest BCUT2D eigenvalue weighted by Gasteiger charge is 2.15. The Labute approximate surface area is 122 Å². The molecule has 0 radical (unpaired) electrons. The number of benzene rings is 1. The zero-order chi connectivity index (χ0) is 14.1. The maximum atomic E-state index is 5.60. The summed E-state index contributed by atoms with van der Waals surface area (Å²) < 4.78 is 11.1. The quantitative estimate of drug-likeness (QED) is 0.936.